The smallest absolute Gasteiger partial charge is 0.331 e. The monoisotopic (exact) mass is 310 g/mol. The predicted molar refractivity (Wildman–Crippen MR) is 87.4 cm³/mol. The SMILES string of the molecule is CCCC=CC=CC=CC(=O)OC(CC(=O)O)C[N+](C)(C)C. The zero-order valence-corrected chi connectivity index (χ0v) is 14.0. The molecule has 0 aromatic carbocycles. The van der Waals surface area contributed by atoms with Crippen LogP contribution in [0.2, 0.25) is 0 Å². The highest BCUT2D eigenvalue weighted by molar-refractivity contribution is 5.82. The quantitative estimate of drug-likeness (QED) is 0.291. The van der Waals surface area contributed by atoms with Crippen LogP contribution in [0.3, 0.4) is 0 Å². The first kappa shape index (κ1) is 20.1. The molecule has 0 aliphatic heterocycles. The number of esters is 1. The van der Waals surface area contributed by atoms with E-state index in [1.165, 1.54) is 6.08 Å². The third-order valence-corrected chi connectivity index (χ3v) is 2.59. The van der Waals surface area contributed by atoms with Crippen LogP contribution in [0, 0.1) is 0 Å². The number of carbonyl (C=O) groups is 2. The normalized spacial score (nSPS) is 14.0. The summed E-state index contributed by atoms with van der Waals surface area (Å²) < 4.78 is 5.73. The van der Waals surface area contributed by atoms with Gasteiger partial charge in [0.1, 0.15) is 6.54 Å². The van der Waals surface area contributed by atoms with Crippen LogP contribution in [0.25, 0.3) is 0 Å². The molecule has 0 spiro atoms. The Balaban J connectivity index is 4.40. The van der Waals surface area contributed by atoms with Crippen molar-refractivity contribution in [2.45, 2.75) is 32.3 Å². The molecule has 5 heteroatoms. The number of nitrogens with zero attached hydrogens (tertiary/aromatic N) is 1. The fourth-order valence-corrected chi connectivity index (χ4v) is 1.76. The van der Waals surface area contributed by atoms with Gasteiger partial charge in [-0.1, -0.05) is 43.7 Å². The van der Waals surface area contributed by atoms with Gasteiger partial charge in [0, 0.05) is 6.08 Å². The van der Waals surface area contributed by atoms with E-state index < -0.39 is 18.0 Å². The fourth-order valence-electron chi connectivity index (χ4n) is 1.76. The van der Waals surface area contributed by atoms with Crippen LogP contribution in [-0.2, 0) is 14.3 Å². The number of unbranched alkanes of at least 4 members (excludes halogenated alkanes) is 1. The van der Waals surface area contributed by atoms with E-state index in [9.17, 15) is 9.59 Å². The maximum atomic E-state index is 11.7. The molecule has 1 atom stereocenters. The lowest BCUT2D eigenvalue weighted by Gasteiger charge is -2.28. The molecule has 124 valence electrons. The zero-order valence-electron chi connectivity index (χ0n) is 14.0. The molecule has 0 aliphatic rings. The Bertz CT molecular complexity index is 430. The Morgan fingerprint density at radius 3 is 2.32 bits per heavy atom. The van der Waals surface area contributed by atoms with E-state index in [-0.39, 0.29) is 6.42 Å². The van der Waals surface area contributed by atoms with Crippen molar-refractivity contribution in [3.8, 4) is 0 Å². The lowest BCUT2D eigenvalue weighted by atomic mass is 10.2. The number of allylic oxidation sites excluding steroid dienone is 5. The van der Waals surface area contributed by atoms with Crippen molar-refractivity contribution in [1.82, 2.24) is 0 Å². The van der Waals surface area contributed by atoms with Crippen molar-refractivity contribution in [2.75, 3.05) is 27.7 Å². The minimum atomic E-state index is -0.976. The zero-order chi connectivity index (χ0) is 17.0. The Morgan fingerprint density at radius 2 is 1.77 bits per heavy atom. The molecule has 1 unspecified atom stereocenters. The van der Waals surface area contributed by atoms with Gasteiger partial charge >= 0.3 is 11.9 Å². The second-order valence-electron chi connectivity index (χ2n) is 6.09. The van der Waals surface area contributed by atoms with E-state index in [2.05, 4.69) is 6.92 Å². The molecule has 0 aromatic rings. The summed E-state index contributed by atoms with van der Waals surface area (Å²) in [5.74, 6) is -1.50. The predicted octanol–water partition coefficient (Wildman–Crippen LogP) is 2.55. The molecular formula is C17H28NO4+. The number of rotatable bonds is 10. The fraction of sp³-hybridized carbons (Fsp3) is 0.529. The molecule has 5 nitrogen and oxygen atoms in total. The molecule has 0 radical (unpaired) electrons. The van der Waals surface area contributed by atoms with Gasteiger partial charge in [0.05, 0.1) is 27.6 Å². The Hall–Kier alpha value is -1.88. The van der Waals surface area contributed by atoms with Crippen molar-refractivity contribution < 1.29 is 23.9 Å². The first-order valence-electron chi connectivity index (χ1n) is 7.47. The molecule has 1 N–H and O–H groups in total. The Morgan fingerprint density at radius 1 is 1.14 bits per heavy atom. The van der Waals surface area contributed by atoms with Crippen LogP contribution in [0.15, 0.2) is 36.5 Å². The van der Waals surface area contributed by atoms with Gasteiger partial charge in [-0.15, -0.1) is 0 Å². The summed E-state index contributed by atoms with van der Waals surface area (Å²) in [6.07, 6.45) is 11.7. The van der Waals surface area contributed by atoms with Gasteiger partial charge in [-0.3, -0.25) is 4.79 Å². The van der Waals surface area contributed by atoms with E-state index in [1.54, 1.807) is 12.2 Å². The highest BCUT2D eigenvalue weighted by Crippen LogP contribution is 2.05. The second-order valence-corrected chi connectivity index (χ2v) is 6.09. The number of carbonyl (C=O) groups excluding carboxylic acids is 1. The average molecular weight is 310 g/mol. The van der Waals surface area contributed by atoms with Gasteiger partial charge in [-0.05, 0) is 6.42 Å². The number of hydrogen-bond acceptors (Lipinski definition) is 3. The van der Waals surface area contributed by atoms with Gasteiger partial charge in [0.2, 0.25) is 0 Å². The average Bonchev–Trinajstić information content (AvgIpc) is 2.34. The third-order valence-electron chi connectivity index (χ3n) is 2.59. The Labute approximate surface area is 133 Å². The van der Waals surface area contributed by atoms with Crippen LogP contribution in [0.4, 0.5) is 0 Å². The van der Waals surface area contributed by atoms with Gasteiger partial charge in [-0.25, -0.2) is 4.79 Å². The molecule has 0 saturated carbocycles. The summed E-state index contributed by atoms with van der Waals surface area (Å²) >= 11 is 0. The molecule has 0 aromatic heterocycles. The summed E-state index contributed by atoms with van der Waals surface area (Å²) in [5.41, 5.74) is 0. The molecule has 22 heavy (non-hydrogen) atoms. The van der Waals surface area contributed by atoms with E-state index >= 15 is 0 Å². The highest BCUT2D eigenvalue weighted by Gasteiger charge is 2.23. The first-order chi connectivity index (χ1) is 10.2. The van der Waals surface area contributed by atoms with Crippen LogP contribution < -0.4 is 0 Å². The number of hydrogen-bond donors (Lipinski definition) is 1. The minimum absolute atomic E-state index is 0.190. The van der Waals surface area contributed by atoms with E-state index in [1.807, 2.05) is 39.4 Å². The van der Waals surface area contributed by atoms with E-state index in [0.29, 0.717) is 11.0 Å². The molecule has 0 aliphatic carbocycles. The van der Waals surface area contributed by atoms with Gasteiger partial charge in [0.15, 0.2) is 6.10 Å². The summed E-state index contributed by atoms with van der Waals surface area (Å²) in [7, 11) is 5.76. The maximum absolute atomic E-state index is 11.7. The molecule has 0 amide bonds. The van der Waals surface area contributed by atoms with Crippen molar-refractivity contribution in [3.05, 3.63) is 36.5 Å². The first-order valence-corrected chi connectivity index (χ1v) is 7.47. The summed E-state index contributed by atoms with van der Waals surface area (Å²) in [4.78, 5) is 22.5. The second kappa shape index (κ2) is 10.8. The van der Waals surface area contributed by atoms with Crippen LogP contribution in [0.1, 0.15) is 26.2 Å². The van der Waals surface area contributed by atoms with Crippen molar-refractivity contribution in [2.24, 2.45) is 0 Å². The number of likely N-dealkylation sites (N-methyl/N-ethyl adjacent to an activating group) is 1. The number of carboxylic acid groups (broad SMARTS) is 1. The molecule has 0 rings (SSSR count). The van der Waals surface area contributed by atoms with Gasteiger partial charge in [-0.2, -0.15) is 0 Å². The number of ether oxygens (including phenoxy) is 1. The van der Waals surface area contributed by atoms with Crippen LogP contribution >= 0.6 is 0 Å². The minimum Gasteiger partial charge on any atom is -0.481 e. The number of aliphatic carboxylic acids is 1. The van der Waals surface area contributed by atoms with E-state index in [0.717, 1.165) is 12.8 Å². The summed E-state index contributed by atoms with van der Waals surface area (Å²) in [5, 5.41) is 8.88. The standard InChI is InChI=1S/C17H27NO4/c1-5-6-7-8-9-10-11-12-17(21)22-15(13-16(19)20)14-18(2,3)4/h7-12,15H,5-6,13-14H2,1-4H3/p+1. The molecule has 0 fully saturated rings. The van der Waals surface area contributed by atoms with E-state index in [4.69, 9.17) is 9.84 Å². The largest absolute Gasteiger partial charge is 0.481 e. The van der Waals surface area contributed by atoms with Crippen molar-refractivity contribution in [3.63, 3.8) is 0 Å². The van der Waals surface area contributed by atoms with Gasteiger partial charge < -0.3 is 14.3 Å². The number of carboxylic acids is 1. The summed E-state index contributed by atoms with van der Waals surface area (Å²) in [6.45, 7) is 2.55. The summed E-state index contributed by atoms with van der Waals surface area (Å²) in [6, 6.07) is 0. The van der Waals surface area contributed by atoms with Crippen LogP contribution in [0.5, 0.6) is 0 Å². The number of quaternary nitrogens is 1. The third kappa shape index (κ3) is 13.1. The Kier molecular flexibility index (Phi) is 9.87. The van der Waals surface area contributed by atoms with Gasteiger partial charge in [0.25, 0.3) is 0 Å². The van der Waals surface area contributed by atoms with Crippen LogP contribution in [-0.4, -0.2) is 55.3 Å². The van der Waals surface area contributed by atoms with Crippen molar-refractivity contribution >= 4 is 11.9 Å². The lowest BCUT2D eigenvalue weighted by Crippen LogP contribution is -2.43. The lowest BCUT2D eigenvalue weighted by molar-refractivity contribution is -0.873. The molecule has 0 bridgehead atoms. The topological polar surface area (TPSA) is 63.6 Å². The molecule has 0 saturated heterocycles. The van der Waals surface area contributed by atoms with Crippen molar-refractivity contribution in [1.29, 1.82) is 0 Å². The molecule has 0 heterocycles. The highest BCUT2D eigenvalue weighted by atomic mass is 16.5. The molecular weight excluding hydrogens is 282 g/mol. The maximum Gasteiger partial charge on any atom is 0.331 e.